The summed E-state index contributed by atoms with van der Waals surface area (Å²) in [6.07, 6.45) is 7.22. The van der Waals surface area contributed by atoms with E-state index in [1.807, 2.05) is 37.1 Å². The normalized spacial score (nSPS) is 14.3. The van der Waals surface area contributed by atoms with Crippen LogP contribution in [0.1, 0.15) is 56.6 Å². The van der Waals surface area contributed by atoms with E-state index in [1.165, 1.54) is 12.1 Å². The maximum Gasteiger partial charge on any atom is 0.325 e. The average Bonchev–Trinajstić information content (AvgIpc) is 3.26. The number of hydrogen-bond acceptors (Lipinski definition) is 5. The van der Waals surface area contributed by atoms with Gasteiger partial charge in [-0.3, -0.25) is 10.2 Å². The topological polar surface area (TPSA) is 136 Å². The van der Waals surface area contributed by atoms with Crippen LogP contribution in [0.3, 0.4) is 0 Å². The molecule has 2 heterocycles. The molecule has 0 saturated carbocycles. The molecule has 196 valence electrons. The van der Waals surface area contributed by atoms with Crippen LogP contribution in [0, 0.1) is 11.3 Å². The van der Waals surface area contributed by atoms with Gasteiger partial charge in [-0.05, 0) is 73.4 Å². The third-order valence-electron chi connectivity index (χ3n) is 7.29. The Balaban J connectivity index is 1.51. The number of amides is 3. The Morgan fingerprint density at radius 2 is 1.89 bits per heavy atom. The van der Waals surface area contributed by atoms with Crippen LogP contribution < -0.4 is 10.6 Å². The van der Waals surface area contributed by atoms with Crippen molar-refractivity contribution in [2.75, 3.05) is 18.0 Å². The zero-order valence-corrected chi connectivity index (χ0v) is 21.4. The van der Waals surface area contributed by atoms with Gasteiger partial charge in [0.05, 0.1) is 11.3 Å². The predicted octanol–water partition coefficient (Wildman–Crippen LogP) is 4.74. The second-order valence-electron chi connectivity index (χ2n) is 10.1. The van der Waals surface area contributed by atoms with E-state index >= 15 is 0 Å². The molecule has 9 nitrogen and oxygen atoms in total. The van der Waals surface area contributed by atoms with Crippen LogP contribution in [0.5, 0.6) is 11.5 Å². The Morgan fingerprint density at radius 1 is 1.16 bits per heavy atom. The molecule has 1 aliphatic heterocycles. The number of aromatic nitrogens is 1. The number of nitrogens with one attached hydrogen (secondary N) is 1. The summed E-state index contributed by atoms with van der Waals surface area (Å²) < 4.78 is 2.18. The number of phenolic OH excluding ortho intramolecular Hbond substituents is 2. The number of nitrogens with zero attached hydrogens (tertiary/aromatic N) is 3. The number of carbonyl (C=O) groups is 2. The quantitative estimate of drug-likeness (QED) is 0.200. The number of likely N-dealkylation sites (tertiary alicyclic amines) is 1. The highest BCUT2D eigenvalue weighted by Gasteiger charge is 2.24. The number of carbonyl (C=O) groups excluding carboxylic acids is 2. The van der Waals surface area contributed by atoms with Gasteiger partial charge in [0.2, 0.25) is 6.41 Å². The van der Waals surface area contributed by atoms with Crippen molar-refractivity contribution in [2.45, 2.75) is 52.0 Å². The van der Waals surface area contributed by atoms with Crippen LogP contribution >= 0.6 is 0 Å². The smallest absolute Gasteiger partial charge is 0.325 e. The summed E-state index contributed by atoms with van der Waals surface area (Å²) in [6, 6.07) is 9.29. The van der Waals surface area contributed by atoms with Crippen LogP contribution in [-0.4, -0.2) is 51.0 Å². The highest BCUT2D eigenvalue weighted by Crippen LogP contribution is 2.34. The molecule has 1 aliphatic rings. The minimum Gasteiger partial charge on any atom is -0.508 e. The third-order valence-corrected chi connectivity index (χ3v) is 7.29. The van der Waals surface area contributed by atoms with E-state index in [0.29, 0.717) is 17.2 Å². The number of hydrogen-bond donors (Lipinski definition) is 4. The number of piperidine rings is 1. The highest BCUT2D eigenvalue weighted by molar-refractivity contribution is 6.22. The molecule has 1 fully saturated rings. The van der Waals surface area contributed by atoms with Crippen LogP contribution in [0.2, 0.25) is 0 Å². The Bertz CT molecular complexity index is 1310. The van der Waals surface area contributed by atoms with Gasteiger partial charge in [0, 0.05) is 42.8 Å². The number of nitrogens with two attached hydrogens (primary N) is 1. The summed E-state index contributed by atoms with van der Waals surface area (Å²) in [5.74, 6) is -0.0425. The number of urea groups is 1. The standard InChI is InChI=1S/C28H35N5O4/c1-18(2)22-15-23(26(36)16-25(22)35)27(29)33(28(30)37)21-5-6-24-20(14-21)9-13-32(24)10-3-4-19-7-11-31(17-34)12-8-19/h5-6,9,13-19,29,35-36H,3-4,7-8,10-12H2,1-2H3,(H2,30,37). The Kier molecular flexibility index (Phi) is 7.71. The molecule has 1 aromatic heterocycles. The first-order valence-electron chi connectivity index (χ1n) is 12.7. The lowest BCUT2D eigenvalue weighted by Gasteiger charge is -2.29. The van der Waals surface area contributed by atoms with Gasteiger partial charge in [0.15, 0.2) is 0 Å². The molecule has 2 aromatic carbocycles. The third kappa shape index (κ3) is 5.55. The monoisotopic (exact) mass is 505 g/mol. The maximum atomic E-state index is 12.4. The van der Waals surface area contributed by atoms with E-state index in [4.69, 9.17) is 11.1 Å². The Morgan fingerprint density at radius 3 is 2.54 bits per heavy atom. The molecule has 37 heavy (non-hydrogen) atoms. The van der Waals surface area contributed by atoms with Crippen molar-refractivity contribution in [1.82, 2.24) is 9.47 Å². The summed E-state index contributed by atoms with van der Waals surface area (Å²) >= 11 is 0. The predicted molar refractivity (Wildman–Crippen MR) is 144 cm³/mol. The molecule has 0 atom stereocenters. The molecular weight excluding hydrogens is 470 g/mol. The van der Waals surface area contributed by atoms with E-state index in [2.05, 4.69) is 4.57 Å². The molecule has 0 unspecified atom stereocenters. The molecule has 5 N–H and O–H groups in total. The zero-order chi connectivity index (χ0) is 26.7. The minimum absolute atomic E-state index is 0.0468. The summed E-state index contributed by atoms with van der Waals surface area (Å²) in [5, 5.41) is 30.2. The molecule has 9 heteroatoms. The fourth-order valence-electron chi connectivity index (χ4n) is 5.15. The highest BCUT2D eigenvalue weighted by atomic mass is 16.3. The first kappa shape index (κ1) is 26.1. The Labute approximate surface area is 216 Å². The molecule has 0 radical (unpaired) electrons. The van der Waals surface area contributed by atoms with Crippen molar-refractivity contribution < 1.29 is 19.8 Å². The lowest BCUT2D eigenvalue weighted by Crippen LogP contribution is -2.41. The van der Waals surface area contributed by atoms with Crippen molar-refractivity contribution in [3.63, 3.8) is 0 Å². The van der Waals surface area contributed by atoms with Crippen LogP contribution in [-0.2, 0) is 11.3 Å². The number of primary amides is 1. The summed E-state index contributed by atoms with van der Waals surface area (Å²) in [7, 11) is 0. The Hall–Kier alpha value is -4.01. The second-order valence-corrected chi connectivity index (χ2v) is 10.1. The average molecular weight is 506 g/mol. The fraction of sp³-hybridized carbons (Fsp3) is 0.393. The van der Waals surface area contributed by atoms with Gasteiger partial charge in [-0.15, -0.1) is 0 Å². The van der Waals surface area contributed by atoms with Gasteiger partial charge in [-0.1, -0.05) is 13.8 Å². The molecular formula is C28H35N5O4. The van der Waals surface area contributed by atoms with Crippen molar-refractivity contribution in [3.8, 4) is 11.5 Å². The van der Waals surface area contributed by atoms with E-state index in [0.717, 1.165) is 67.5 Å². The summed E-state index contributed by atoms with van der Waals surface area (Å²) in [6.45, 7) is 6.33. The second kappa shape index (κ2) is 10.9. The van der Waals surface area contributed by atoms with Gasteiger partial charge in [0.1, 0.15) is 17.3 Å². The van der Waals surface area contributed by atoms with Crippen molar-refractivity contribution in [3.05, 3.63) is 53.7 Å². The number of benzene rings is 2. The summed E-state index contributed by atoms with van der Waals surface area (Å²) in [5.41, 5.74) is 7.78. The van der Waals surface area contributed by atoms with Gasteiger partial charge in [-0.2, -0.15) is 0 Å². The van der Waals surface area contributed by atoms with Gasteiger partial charge in [0.25, 0.3) is 0 Å². The van der Waals surface area contributed by atoms with Crippen molar-refractivity contribution in [2.24, 2.45) is 11.7 Å². The SMILES string of the molecule is CC(C)c1cc(C(=N)N(C(N)=O)c2ccc3c(ccn3CCCC3CCN(C=O)CC3)c2)c(O)cc1O. The van der Waals surface area contributed by atoms with E-state index in [-0.39, 0.29) is 28.8 Å². The van der Waals surface area contributed by atoms with Gasteiger partial charge < -0.3 is 25.4 Å². The molecule has 3 aromatic rings. The number of anilines is 1. The van der Waals surface area contributed by atoms with E-state index in [9.17, 15) is 19.8 Å². The molecule has 0 bridgehead atoms. The molecule has 0 spiro atoms. The first-order valence-corrected chi connectivity index (χ1v) is 12.7. The van der Waals surface area contributed by atoms with E-state index in [1.54, 1.807) is 12.1 Å². The van der Waals surface area contributed by atoms with Crippen LogP contribution in [0.15, 0.2) is 42.6 Å². The van der Waals surface area contributed by atoms with Gasteiger partial charge in [-0.25, -0.2) is 9.69 Å². The lowest BCUT2D eigenvalue weighted by molar-refractivity contribution is -0.119. The zero-order valence-electron chi connectivity index (χ0n) is 21.4. The van der Waals surface area contributed by atoms with Crippen LogP contribution in [0.25, 0.3) is 10.9 Å². The molecule has 1 saturated heterocycles. The minimum atomic E-state index is -0.844. The number of rotatable bonds is 8. The van der Waals surface area contributed by atoms with Gasteiger partial charge >= 0.3 is 6.03 Å². The number of fused-ring (bicyclic) bond motifs is 1. The number of amidine groups is 1. The maximum absolute atomic E-state index is 12.4. The summed E-state index contributed by atoms with van der Waals surface area (Å²) in [4.78, 5) is 26.2. The lowest BCUT2D eigenvalue weighted by atomic mass is 9.92. The number of aromatic hydroxyl groups is 2. The molecule has 4 rings (SSSR count). The van der Waals surface area contributed by atoms with Crippen molar-refractivity contribution in [1.29, 1.82) is 5.41 Å². The molecule has 0 aliphatic carbocycles. The van der Waals surface area contributed by atoms with Crippen molar-refractivity contribution >= 4 is 34.9 Å². The van der Waals surface area contributed by atoms with Crippen LogP contribution in [0.4, 0.5) is 10.5 Å². The number of phenols is 2. The largest absolute Gasteiger partial charge is 0.508 e. The fourth-order valence-corrected chi connectivity index (χ4v) is 5.15. The van der Waals surface area contributed by atoms with E-state index < -0.39 is 6.03 Å². The molecule has 3 amide bonds. The number of aryl methyl sites for hydroxylation is 1. The first-order chi connectivity index (χ1) is 17.7.